The Hall–Kier alpha value is -2.08. The lowest BCUT2D eigenvalue weighted by atomic mass is 10.2. The van der Waals surface area contributed by atoms with E-state index in [1.165, 1.54) is 11.3 Å². The van der Waals surface area contributed by atoms with Crippen molar-refractivity contribution in [1.82, 2.24) is 4.98 Å². The van der Waals surface area contributed by atoms with Gasteiger partial charge >= 0.3 is 0 Å². The smallest absolute Gasteiger partial charge is 0.267 e. The lowest BCUT2D eigenvalue weighted by Gasteiger charge is -2.16. The van der Waals surface area contributed by atoms with Gasteiger partial charge in [0.05, 0.1) is 7.11 Å². The Kier molecular flexibility index (Phi) is 4.95. The van der Waals surface area contributed by atoms with Crippen LogP contribution < -0.4 is 14.8 Å². The SMILES string of the molecule is CCC(Oc1ccc(OC)cc1)C(=O)Nc1nccs1. The zero-order chi connectivity index (χ0) is 14.4. The van der Waals surface area contributed by atoms with Gasteiger partial charge < -0.3 is 9.47 Å². The third kappa shape index (κ3) is 3.71. The predicted molar refractivity (Wildman–Crippen MR) is 78.4 cm³/mol. The van der Waals surface area contributed by atoms with Crippen LogP contribution in [0.5, 0.6) is 11.5 Å². The molecule has 0 saturated carbocycles. The number of aromatic nitrogens is 1. The van der Waals surface area contributed by atoms with Crippen LogP contribution in [0.1, 0.15) is 13.3 Å². The van der Waals surface area contributed by atoms with E-state index in [4.69, 9.17) is 9.47 Å². The van der Waals surface area contributed by atoms with Crippen molar-refractivity contribution < 1.29 is 14.3 Å². The minimum absolute atomic E-state index is 0.196. The number of nitrogens with one attached hydrogen (secondary N) is 1. The van der Waals surface area contributed by atoms with Crippen molar-refractivity contribution in [3.63, 3.8) is 0 Å². The normalized spacial score (nSPS) is 11.7. The average molecular weight is 292 g/mol. The molecule has 0 fully saturated rings. The van der Waals surface area contributed by atoms with Crippen molar-refractivity contribution in [1.29, 1.82) is 0 Å². The number of carbonyl (C=O) groups excluding carboxylic acids is 1. The zero-order valence-electron chi connectivity index (χ0n) is 11.3. The highest BCUT2D eigenvalue weighted by Gasteiger charge is 2.19. The second-order valence-corrected chi connectivity index (χ2v) is 4.91. The van der Waals surface area contributed by atoms with E-state index in [0.29, 0.717) is 17.3 Å². The summed E-state index contributed by atoms with van der Waals surface area (Å²) in [6.07, 6.45) is 1.67. The number of anilines is 1. The summed E-state index contributed by atoms with van der Waals surface area (Å²) < 4.78 is 10.8. The van der Waals surface area contributed by atoms with E-state index in [9.17, 15) is 4.79 Å². The van der Waals surface area contributed by atoms with Crippen molar-refractivity contribution in [2.45, 2.75) is 19.4 Å². The third-order valence-corrected chi connectivity index (χ3v) is 3.35. The molecule has 0 bridgehead atoms. The van der Waals surface area contributed by atoms with Crippen molar-refractivity contribution in [3.8, 4) is 11.5 Å². The minimum Gasteiger partial charge on any atom is -0.497 e. The van der Waals surface area contributed by atoms with Crippen LogP contribution in [0.4, 0.5) is 5.13 Å². The molecule has 0 saturated heterocycles. The molecule has 0 aliphatic carbocycles. The Morgan fingerprint density at radius 1 is 1.35 bits per heavy atom. The molecule has 6 heteroatoms. The molecule has 1 unspecified atom stereocenters. The molecule has 5 nitrogen and oxygen atoms in total. The van der Waals surface area contributed by atoms with Gasteiger partial charge in [-0.2, -0.15) is 0 Å². The number of benzene rings is 1. The molecule has 1 aromatic heterocycles. The number of thiazole rings is 1. The highest BCUT2D eigenvalue weighted by atomic mass is 32.1. The van der Waals surface area contributed by atoms with E-state index in [-0.39, 0.29) is 5.91 Å². The van der Waals surface area contributed by atoms with Crippen molar-refractivity contribution in [2.75, 3.05) is 12.4 Å². The first-order chi connectivity index (χ1) is 9.72. The van der Waals surface area contributed by atoms with Crippen LogP contribution in [-0.2, 0) is 4.79 Å². The van der Waals surface area contributed by atoms with Gasteiger partial charge in [-0.25, -0.2) is 4.98 Å². The zero-order valence-corrected chi connectivity index (χ0v) is 12.1. The van der Waals surface area contributed by atoms with Gasteiger partial charge in [-0.05, 0) is 30.7 Å². The number of hydrogen-bond donors (Lipinski definition) is 1. The summed E-state index contributed by atoms with van der Waals surface area (Å²) in [6.45, 7) is 1.90. The van der Waals surface area contributed by atoms with E-state index in [1.807, 2.05) is 6.92 Å². The number of amides is 1. The Labute approximate surface area is 121 Å². The number of rotatable bonds is 6. The molecule has 2 rings (SSSR count). The van der Waals surface area contributed by atoms with Gasteiger partial charge in [0.2, 0.25) is 0 Å². The molecule has 2 aromatic rings. The highest BCUT2D eigenvalue weighted by Crippen LogP contribution is 2.19. The maximum Gasteiger partial charge on any atom is 0.267 e. The van der Waals surface area contributed by atoms with E-state index in [2.05, 4.69) is 10.3 Å². The number of carbonyl (C=O) groups is 1. The van der Waals surface area contributed by atoms with Crippen molar-refractivity contribution in [3.05, 3.63) is 35.8 Å². The monoisotopic (exact) mass is 292 g/mol. The molecule has 1 aromatic carbocycles. The molecule has 1 atom stereocenters. The average Bonchev–Trinajstić information content (AvgIpc) is 2.98. The molecule has 106 valence electrons. The second-order valence-electron chi connectivity index (χ2n) is 4.02. The summed E-state index contributed by atoms with van der Waals surface area (Å²) in [7, 11) is 1.60. The highest BCUT2D eigenvalue weighted by molar-refractivity contribution is 7.13. The first-order valence-corrected chi connectivity index (χ1v) is 7.12. The Balaban J connectivity index is 1.98. The lowest BCUT2D eigenvalue weighted by molar-refractivity contribution is -0.122. The van der Waals surface area contributed by atoms with Crippen LogP contribution in [0, 0.1) is 0 Å². The Morgan fingerprint density at radius 3 is 2.60 bits per heavy atom. The van der Waals surface area contributed by atoms with Crippen LogP contribution in [0.15, 0.2) is 35.8 Å². The first-order valence-electron chi connectivity index (χ1n) is 6.24. The summed E-state index contributed by atoms with van der Waals surface area (Å²) in [6, 6.07) is 7.14. The molecular formula is C14H16N2O3S. The number of nitrogens with zero attached hydrogens (tertiary/aromatic N) is 1. The molecule has 1 heterocycles. The third-order valence-electron chi connectivity index (χ3n) is 2.66. The molecule has 1 N–H and O–H groups in total. The van der Waals surface area contributed by atoms with Crippen LogP contribution in [0.3, 0.4) is 0 Å². The topological polar surface area (TPSA) is 60.5 Å². The molecule has 1 amide bonds. The van der Waals surface area contributed by atoms with Gasteiger partial charge in [0.1, 0.15) is 11.5 Å². The Bertz CT molecular complexity index is 540. The molecule has 0 aliphatic heterocycles. The van der Waals surface area contributed by atoms with Gasteiger partial charge in [0.15, 0.2) is 11.2 Å². The summed E-state index contributed by atoms with van der Waals surface area (Å²) in [5.41, 5.74) is 0. The standard InChI is InChI=1S/C14H16N2O3S/c1-3-12(13(17)16-14-15-8-9-20-14)19-11-6-4-10(18-2)5-7-11/h4-9,12H,3H2,1-2H3,(H,15,16,17). The van der Waals surface area contributed by atoms with Crippen LogP contribution >= 0.6 is 11.3 Å². The van der Waals surface area contributed by atoms with Crippen LogP contribution in [0.25, 0.3) is 0 Å². The van der Waals surface area contributed by atoms with Crippen molar-refractivity contribution in [2.24, 2.45) is 0 Å². The van der Waals surface area contributed by atoms with E-state index in [1.54, 1.807) is 43.0 Å². The second kappa shape index (κ2) is 6.91. The lowest BCUT2D eigenvalue weighted by Crippen LogP contribution is -2.32. The van der Waals surface area contributed by atoms with Crippen LogP contribution in [0.2, 0.25) is 0 Å². The van der Waals surface area contributed by atoms with Gasteiger partial charge in [-0.1, -0.05) is 6.92 Å². The molecule has 0 aliphatic rings. The quantitative estimate of drug-likeness (QED) is 0.889. The number of methoxy groups -OCH3 is 1. The van der Waals surface area contributed by atoms with E-state index in [0.717, 1.165) is 5.75 Å². The summed E-state index contributed by atoms with van der Waals surface area (Å²) in [5, 5.41) is 5.12. The predicted octanol–water partition coefficient (Wildman–Crippen LogP) is 2.95. The minimum atomic E-state index is -0.549. The van der Waals surface area contributed by atoms with E-state index >= 15 is 0 Å². The van der Waals surface area contributed by atoms with E-state index < -0.39 is 6.10 Å². The van der Waals surface area contributed by atoms with Crippen LogP contribution in [-0.4, -0.2) is 24.1 Å². The first kappa shape index (κ1) is 14.3. The molecule has 0 radical (unpaired) electrons. The largest absolute Gasteiger partial charge is 0.497 e. The summed E-state index contributed by atoms with van der Waals surface area (Å²) in [5.74, 6) is 1.18. The maximum atomic E-state index is 12.1. The molecular weight excluding hydrogens is 276 g/mol. The van der Waals surface area contributed by atoms with Gasteiger partial charge in [-0.3, -0.25) is 10.1 Å². The maximum absolute atomic E-state index is 12.1. The van der Waals surface area contributed by atoms with Crippen molar-refractivity contribution >= 4 is 22.4 Å². The number of hydrogen-bond acceptors (Lipinski definition) is 5. The fourth-order valence-electron chi connectivity index (χ4n) is 1.61. The van der Waals surface area contributed by atoms with Gasteiger partial charge in [-0.15, -0.1) is 11.3 Å². The fourth-order valence-corrected chi connectivity index (χ4v) is 2.14. The summed E-state index contributed by atoms with van der Waals surface area (Å²) in [4.78, 5) is 16.1. The molecule has 20 heavy (non-hydrogen) atoms. The van der Waals surface area contributed by atoms with Gasteiger partial charge in [0.25, 0.3) is 5.91 Å². The Morgan fingerprint density at radius 2 is 2.05 bits per heavy atom. The molecule has 0 spiro atoms. The fraction of sp³-hybridized carbons (Fsp3) is 0.286. The number of ether oxygens (including phenoxy) is 2. The summed E-state index contributed by atoms with van der Waals surface area (Å²) >= 11 is 1.38. The van der Waals surface area contributed by atoms with Gasteiger partial charge in [0, 0.05) is 11.6 Å².